The fourth-order valence-electron chi connectivity index (χ4n) is 3.54. The molecule has 1 aliphatic heterocycles. The van der Waals surface area contributed by atoms with E-state index in [0.717, 1.165) is 30.2 Å². The molecule has 5 nitrogen and oxygen atoms in total. The van der Waals surface area contributed by atoms with Gasteiger partial charge in [0.25, 0.3) is 0 Å². The van der Waals surface area contributed by atoms with E-state index in [0.29, 0.717) is 17.1 Å². The van der Waals surface area contributed by atoms with Crippen LogP contribution in [0.5, 0.6) is 0 Å². The second-order valence-electron chi connectivity index (χ2n) is 7.43. The van der Waals surface area contributed by atoms with Crippen LogP contribution in [0.25, 0.3) is 0 Å². The van der Waals surface area contributed by atoms with Crippen molar-refractivity contribution < 1.29 is 18.4 Å². The molecule has 162 valence electrons. The molecule has 1 heterocycles. The third kappa shape index (κ3) is 4.56. The predicted octanol–water partition coefficient (Wildman–Crippen LogP) is 5.02. The zero-order valence-electron chi connectivity index (χ0n) is 17.4. The summed E-state index contributed by atoms with van der Waals surface area (Å²) in [5.41, 5.74) is 3.36. The topological polar surface area (TPSA) is 61.8 Å². The second kappa shape index (κ2) is 9.09. The first kappa shape index (κ1) is 21.4. The molecule has 0 atom stereocenters. The summed E-state index contributed by atoms with van der Waals surface area (Å²) in [6.07, 6.45) is 0.908. The molecule has 4 rings (SSSR count). The first-order chi connectivity index (χ1) is 15.4. The number of carbonyl (C=O) groups excluding carboxylic acids is 2. The fraction of sp³-hybridized carbons (Fsp3) is 0.160. The Balaban J connectivity index is 1.60. The summed E-state index contributed by atoms with van der Waals surface area (Å²) in [6.45, 7) is 1.71. The molecule has 0 aromatic heterocycles. The number of hydrogen-bond donors (Lipinski definition) is 1. The molecule has 0 saturated heterocycles. The Morgan fingerprint density at radius 3 is 2.56 bits per heavy atom. The van der Waals surface area contributed by atoms with Gasteiger partial charge < -0.3 is 10.2 Å². The average molecular weight is 433 g/mol. The lowest BCUT2D eigenvalue weighted by atomic mass is 10.0. The van der Waals surface area contributed by atoms with Crippen LogP contribution in [0.3, 0.4) is 0 Å². The first-order valence-corrected chi connectivity index (χ1v) is 10.3. The number of carbonyl (C=O) groups is 2. The van der Waals surface area contributed by atoms with E-state index in [1.54, 1.807) is 24.3 Å². The Labute approximate surface area is 184 Å². The van der Waals surface area contributed by atoms with Gasteiger partial charge in [0, 0.05) is 6.07 Å². The number of hydrogen-bond acceptors (Lipinski definition) is 3. The highest BCUT2D eigenvalue weighted by molar-refractivity contribution is 6.19. The van der Waals surface area contributed by atoms with Gasteiger partial charge in [-0.2, -0.15) is 0 Å². The van der Waals surface area contributed by atoms with Crippen LogP contribution in [0.1, 0.15) is 24.5 Å². The van der Waals surface area contributed by atoms with Gasteiger partial charge in [0.05, 0.1) is 29.2 Å². The van der Waals surface area contributed by atoms with E-state index < -0.39 is 17.5 Å². The van der Waals surface area contributed by atoms with Crippen LogP contribution in [-0.2, 0) is 16.0 Å². The van der Waals surface area contributed by atoms with Gasteiger partial charge in [0.2, 0.25) is 11.8 Å². The van der Waals surface area contributed by atoms with Crippen LogP contribution in [0.4, 0.5) is 25.8 Å². The maximum Gasteiger partial charge on any atom is 0.244 e. The van der Waals surface area contributed by atoms with Crippen LogP contribution in [-0.4, -0.2) is 24.1 Å². The maximum absolute atomic E-state index is 13.9. The number of aliphatic imine (C=N–C) groups is 1. The van der Waals surface area contributed by atoms with Crippen molar-refractivity contribution >= 4 is 34.6 Å². The van der Waals surface area contributed by atoms with E-state index in [2.05, 4.69) is 12.2 Å². The lowest BCUT2D eigenvalue weighted by Crippen LogP contribution is -2.38. The molecule has 0 saturated carbocycles. The van der Waals surface area contributed by atoms with Gasteiger partial charge in [0.1, 0.15) is 18.2 Å². The molecular formula is C25H21F2N3O2. The quantitative estimate of drug-likeness (QED) is 0.614. The van der Waals surface area contributed by atoms with E-state index in [-0.39, 0.29) is 24.6 Å². The highest BCUT2D eigenvalue weighted by atomic mass is 19.1. The Morgan fingerprint density at radius 1 is 1.06 bits per heavy atom. The number of benzene rings is 3. The molecule has 7 heteroatoms. The molecule has 3 aromatic carbocycles. The highest BCUT2D eigenvalue weighted by Crippen LogP contribution is 2.33. The molecule has 0 aliphatic carbocycles. The molecule has 0 spiro atoms. The van der Waals surface area contributed by atoms with Crippen molar-refractivity contribution in [1.29, 1.82) is 0 Å². The van der Waals surface area contributed by atoms with Gasteiger partial charge in [-0.15, -0.1) is 0 Å². The smallest absolute Gasteiger partial charge is 0.244 e. The molecule has 0 radical (unpaired) electrons. The number of nitrogens with one attached hydrogen (secondary N) is 1. The monoisotopic (exact) mass is 433 g/mol. The zero-order valence-corrected chi connectivity index (χ0v) is 17.4. The van der Waals surface area contributed by atoms with Crippen LogP contribution in [0.15, 0.2) is 71.7 Å². The summed E-state index contributed by atoms with van der Waals surface area (Å²) in [6, 6.07) is 17.7. The minimum Gasteiger partial charge on any atom is -0.322 e. The Kier molecular flexibility index (Phi) is 6.07. The number of fused-ring (bicyclic) bond motifs is 1. The average Bonchev–Trinajstić information content (AvgIpc) is 2.93. The van der Waals surface area contributed by atoms with Crippen LogP contribution < -0.4 is 10.2 Å². The largest absolute Gasteiger partial charge is 0.322 e. The van der Waals surface area contributed by atoms with Crippen molar-refractivity contribution in [3.63, 3.8) is 0 Å². The molecule has 1 N–H and O–H groups in total. The lowest BCUT2D eigenvalue weighted by molar-refractivity contribution is -0.120. The number of para-hydroxylation sites is 2. The summed E-state index contributed by atoms with van der Waals surface area (Å²) in [5.74, 6) is -2.40. The van der Waals surface area contributed by atoms with E-state index in [9.17, 15) is 18.4 Å². The highest BCUT2D eigenvalue weighted by Gasteiger charge is 2.27. The van der Waals surface area contributed by atoms with Gasteiger partial charge in [-0.3, -0.25) is 14.6 Å². The Bertz CT molecular complexity index is 1210. The van der Waals surface area contributed by atoms with E-state index in [1.165, 1.54) is 10.5 Å². The number of anilines is 2. The zero-order chi connectivity index (χ0) is 22.7. The van der Waals surface area contributed by atoms with Crippen LogP contribution in [0.2, 0.25) is 0 Å². The summed E-state index contributed by atoms with van der Waals surface area (Å²) >= 11 is 0. The number of amides is 2. The van der Waals surface area contributed by atoms with Gasteiger partial charge >= 0.3 is 0 Å². The maximum atomic E-state index is 13.9. The molecule has 0 bridgehead atoms. The van der Waals surface area contributed by atoms with Crippen molar-refractivity contribution in [2.75, 3.05) is 16.8 Å². The van der Waals surface area contributed by atoms with E-state index in [1.807, 2.05) is 24.3 Å². The standard InChI is InChI=1S/C25H21F2N3O2/c1-2-16-7-9-17(10-8-16)21-14-25(32)30(23-6-4-3-5-20(23)28-21)15-24(31)29-22-13-18(26)11-12-19(22)27/h3-13H,2,14-15H2,1H3,(H,29,31). The van der Waals surface area contributed by atoms with Crippen LogP contribution in [0, 0.1) is 11.6 Å². The minimum absolute atomic E-state index is 0.00174. The molecule has 3 aromatic rings. The molecule has 1 aliphatic rings. The van der Waals surface area contributed by atoms with E-state index >= 15 is 0 Å². The van der Waals surface area contributed by atoms with Crippen molar-refractivity contribution in [2.45, 2.75) is 19.8 Å². The molecule has 0 unspecified atom stereocenters. The SMILES string of the molecule is CCc1ccc(C2=Nc3ccccc3N(CC(=O)Nc3cc(F)ccc3F)C(=O)C2)cc1. The molecule has 32 heavy (non-hydrogen) atoms. The normalized spacial score (nSPS) is 13.3. The third-order valence-electron chi connectivity index (χ3n) is 5.25. The Hall–Kier alpha value is -3.87. The summed E-state index contributed by atoms with van der Waals surface area (Å²) < 4.78 is 27.3. The number of aryl methyl sites for hydroxylation is 1. The van der Waals surface area contributed by atoms with Gasteiger partial charge in [0.15, 0.2) is 0 Å². The number of nitrogens with zero attached hydrogens (tertiary/aromatic N) is 2. The van der Waals surface area contributed by atoms with Crippen molar-refractivity contribution in [3.05, 3.63) is 89.5 Å². The summed E-state index contributed by atoms with van der Waals surface area (Å²) in [7, 11) is 0. The van der Waals surface area contributed by atoms with Gasteiger partial charge in [-0.1, -0.05) is 43.3 Å². The molecular weight excluding hydrogens is 412 g/mol. The molecule has 0 fully saturated rings. The fourth-order valence-corrected chi connectivity index (χ4v) is 3.54. The van der Waals surface area contributed by atoms with Gasteiger partial charge in [-0.05, 0) is 41.8 Å². The minimum atomic E-state index is -0.761. The second-order valence-corrected chi connectivity index (χ2v) is 7.43. The Morgan fingerprint density at radius 2 is 1.81 bits per heavy atom. The predicted molar refractivity (Wildman–Crippen MR) is 120 cm³/mol. The van der Waals surface area contributed by atoms with Crippen molar-refractivity contribution in [3.8, 4) is 0 Å². The lowest BCUT2D eigenvalue weighted by Gasteiger charge is -2.22. The van der Waals surface area contributed by atoms with E-state index in [4.69, 9.17) is 4.99 Å². The number of rotatable bonds is 5. The molecule has 2 amide bonds. The van der Waals surface area contributed by atoms with Crippen molar-refractivity contribution in [1.82, 2.24) is 0 Å². The summed E-state index contributed by atoms with van der Waals surface area (Å²) in [5, 5.41) is 2.34. The number of halogens is 2. The van der Waals surface area contributed by atoms with Crippen LogP contribution >= 0.6 is 0 Å². The third-order valence-corrected chi connectivity index (χ3v) is 5.25. The summed E-state index contributed by atoms with van der Waals surface area (Å²) in [4.78, 5) is 31.7. The van der Waals surface area contributed by atoms with Crippen molar-refractivity contribution in [2.24, 2.45) is 4.99 Å². The first-order valence-electron chi connectivity index (χ1n) is 10.3. The van der Waals surface area contributed by atoms with Gasteiger partial charge in [-0.25, -0.2) is 8.78 Å².